The van der Waals surface area contributed by atoms with Crippen molar-refractivity contribution in [1.82, 2.24) is 14.9 Å². The Labute approximate surface area is 88.9 Å². The molecule has 2 saturated heterocycles. The molecule has 80 valence electrons. The Balaban J connectivity index is 1.86. The zero-order chi connectivity index (χ0) is 10.4. The molecule has 0 aliphatic carbocycles. The summed E-state index contributed by atoms with van der Waals surface area (Å²) in [5, 5.41) is 0. The first kappa shape index (κ1) is 8.91. The van der Waals surface area contributed by atoms with E-state index in [4.69, 9.17) is 5.73 Å². The van der Waals surface area contributed by atoms with E-state index in [1.165, 1.54) is 6.42 Å². The molecule has 0 radical (unpaired) electrons. The van der Waals surface area contributed by atoms with E-state index < -0.39 is 0 Å². The number of nitrogen functional groups attached to an aromatic ring is 1. The summed E-state index contributed by atoms with van der Waals surface area (Å²) in [6.07, 6.45) is 4.63. The van der Waals surface area contributed by atoms with Crippen LogP contribution in [0.5, 0.6) is 0 Å². The lowest BCUT2D eigenvalue weighted by Gasteiger charge is -2.32. The first-order chi connectivity index (χ1) is 7.24. The number of rotatable bonds is 1. The van der Waals surface area contributed by atoms with Gasteiger partial charge in [0.1, 0.15) is 11.6 Å². The highest BCUT2D eigenvalue weighted by Crippen LogP contribution is 2.32. The second-order valence-electron chi connectivity index (χ2n) is 4.44. The second kappa shape index (κ2) is 3.06. The SMILES string of the molecule is CN1C[C@@H]2C[C@H]1CN2c1cncc(N)n1. The Morgan fingerprint density at radius 3 is 2.80 bits per heavy atom. The molecule has 3 rings (SSSR count). The summed E-state index contributed by atoms with van der Waals surface area (Å²) < 4.78 is 0. The molecule has 2 aliphatic rings. The van der Waals surface area contributed by atoms with Gasteiger partial charge in [0.2, 0.25) is 0 Å². The van der Waals surface area contributed by atoms with E-state index in [1.54, 1.807) is 12.4 Å². The molecule has 2 atom stereocenters. The Kier molecular flexibility index (Phi) is 1.82. The first-order valence-electron chi connectivity index (χ1n) is 5.28. The highest BCUT2D eigenvalue weighted by Gasteiger charge is 2.41. The first-order valence-corrected chi connectivity index (χ1v) is 5.28. The molecule has 0 amide bonds. The van der Waals surface area contributed by atoms with Gasteiger partial charge in [-0.15, -0.1) is 0 Å². The van der Waals surface area contributed by atoms with Crippen molar-refractivity contribution in [2.75, 3.05) is 30.8 Å². The Bertz CT molecular complexity index is 378. The van der Waals surface area contributed by atoms with Gasteiger partial charge in [-0.3, -0.25) is 9.88 Å². The van der Waals surface area contributed by atoms with Crippen LogP contribution in [0.4, 0.5) is 11.6 Å². The van der Waals surface area contributed by atoms with Gasteiger partial charge in [0.15, 0.2) is 0 Å². The normalized spacial score (nSPS) is 30.1. The van der Waals surface area contributed by atoms with Crippen molar-refractivity contribution >= 4 is 11.6 Å². The molecule has 2 aliphatic heterocycles. The van der Waals surface area contributed by atoms with E-state index in [0.29, 0.717) is 17.9 Å². The third kappa shape index (κ3) is 1.34. The fraction of sp³-hybridized carbons (Fsp3) is 0.600. The van der Waals surface area contributed by atoms with E-state index in [9.17, 15) is 0 Å². The van der Waals surface area contributed by atoms with Gasteiger partial charge in [-0.25, -0.2) is 4.98 Å². The van der Waals surface area contributed by atoms with E-state index in [2.05, 4.69) is 26.8 Å². The molecule has 3 heterocycles. The molecule has 2 N–H and O–H groups in total. The molecule has 15 heavy (non-hydrogen) atoms. The minimum Gasteiger partial charge on any atom is -0.382 e. The van der Waals surface area contributed by atoms with Gasteiger partial charge in [-0.05, 0) is 13.5 Å². The maximum absolute atomic E-state index is 5.64. The van der Waals surface area contributed by atoms with Crippen LogP contribution in [0.1, 0.15) is 6.42 Å². The third-order valence-electron chi connectivity index (χ3n) is 3.45. The second-order valence-corrected chi connectivity index (χ2v) is 4.44. The van der Waals surface area contributed by atoms with Gasteiger partial charge in [0, 0.05) is 25.2 Å². The van der Waals surface area contributed by atoms with Crippen LogP contribution in [-0.2, 0) is 0 Å². The lowest BCUT2D eigenvalue weighted by atomic mass is 10.2. The van der Waals surface area contributed by atoms with Crippen LogP contribution in [0, 0.1) is 0 Å². The summed E-state index contributed by atoms with van der Waals surface area (Å²) in [5.41, 5.74) is 5.64. The monoisotopic (exact) mass is 205 g/mol. The number of piperazine rings is 1. The highest BCUT2D eigenvalue weighted by atomic mass is 15.4. The van der Waals surface area contributed by atoms with Crippen molar-refractivity contribution in [1.29, 1.82) is 0 Å². The van der Waals surface area contributed by atoms with E-state index in [1.807, 2.05) is 0 Å². The van der Waals surface area contributed by atoms with Gasteiger partial charge in [0.05, 0.1) is 12.4 Å². The standard InChI is InChI=1S/C10H15N5/c1-14-5-8-2-7(14)6-15(8)10-4-12-3-9(11)13-10/h3-4,7-8H,2,5-6H2,1H3,(H2,11,13)/t7-,8-/m0/s1. The minimum atomic E-state index is 0.503. The van der Waals surface area contributed by atoms with Gasteiger partial charge < -0.3 is 10.6 Å². The average molecular weight is 205 g/mol. The summed E-state index contributed by atoms with van der Waals surface area (Å²) in [4.78, 5) is 13.2. The summed E-state index contributed by atoms with van der Waals surface area (Å²) >= 11 is 0. The van der Waals surface area contributed by atoms with Crippen molar-refractivity contribution in [3.63, 3.8) is 0 Å². The number of nitrogens with two attached hydrogens (primary N) is 1. The summed E-state index contributed by atoms with van der Waals surface area (Å²) in [6.45, 7) is 2.18. The maximum atomic E-state index is 5.64. The van der Waals surface area contributed by atoms with Crippen molar-refractivity contribution in [3.8, 4) is 0 Å². The van der Waals surface area contributed by atoms with Crippen LogP contribution < -0.4 is 10.6 Å². The summed E-state index contributed by atoms with van der Waals surface area (Å²) in [5.74, 6) is 1.43. The van der Waals surface area contributed by atoms with Crippen LogP contribution in [0.15, 0.2) is 12.4 Å². The number of likely N-dealkylation sites (N-methyl/N-ethyl adjacent to an activating group) is 1. The zero-order valence-corrected chi connectivity index (χ0v) is 8.80. The topological polar surface area (TPSA) is 58.3 Å². The molecule has 1 aromatic heterocycles. The highest BCUT2D eigenvalue weighted by molar-refractivity contribution is 5.45. The predicted octanol–water partition coefficient (Wildman–Crippen LogP) is -0.0485. The van der Waals surface area contributed by atoms with Crippen molar-refractivity contribution in [2.24, 2.45) is 0 Å². The number of anilines is 2. The number of nitrogens with zero attached hydrogens (tertiary/aromatic N) is 4. The third-order valence-corrected chi connectivity index (χ3v) is 3.45. The van der Waals surface area contributed by atoms with Crippen LogP contribution in [0.3, 0.4) is 0 Å². The van der Waals surface area contributed by atoms with Crippen LogP contribution >= 0.6 is 0 Å². The smallest absolute Gasteiger partial charge is 0.149 e. The largest absolute Gasteiger partial charge is 0.382 e. The minimum absolute atomic E-state index is 0.503. The molecular weight excluding hydrogens is 190 g/mol. The lowest BCUT2D eigenvalue weighted by Crippen LogP contribution is -2.44. The maximum Gasteiger partial charge on any atom is 0.149 e. The molecule has 2 bridgehead atoms. The quantitative estimate of drug-likeness (QED) is 0.696. The van der Waals surface area contributed by atoms with Gasteiger partial charge >= 0.3 is 0 Å². The average Bonchev–Trinajstić information content (AvgIpc) is 2.76. The Hall–Kier alpha value is -1.36. The predicted molar refractivity (Wildman–Crippen MR) is 58.6 cm³/mol. The Morgan fingerprint density at radius 2 is 2.20 bits per heavy atom. The lowest BCUT2D eigenvalue weighted by molar-refractivity contribution is 0.292. The number of hydrogen-bond donors (Lipinski definition) is 1. The van der Waals surface area contributed by atoms with Gasteiger partial charge in [-0.2, -0.15) is 0 Å². The fourth-order valence-electron chi connectivity index (χ4n) is 2.66. The van der Waals surface area contributed by atoms with Crippen molar-refractivity contribution < 1.29 is 0 Å². The molecule has 5 nitrogen and oxygen atoms in total. The fourth-order valence-corrected chi connectivity index (χ4v) is 2.66. The van der Waals surface area contributed by atoms with Crippen molar-refractivity contribution in [3.05, 3.63) is 12.4 Å². The van der Waals surface area contributed by atoms with Gasteiger partial charge in [-0.1, -0.05) is 0 Å². The van der Waals surface area contributed by atoms with Crippen LogP contribution in [-0.4, -0.2) is 47.1 Å². The summed E-state index contributed by atoms with van der Waals surface area (Å²) in [6, 6.07) is 1.27. The number of aromatic nitrogens is 2. The molecule has 0 spiro atoms. The molecule has 2 fully saturated rings. The summed E-state index contributed by atoms with van der Waals surface area (Å²) in [7, 11) is 2.19. The van der Waals surface area contributed by atoms with Crippen LogP contribution in [0.2, 0.25) is 0 Å². The van der Waals surface area contributed by atoms with E-state index in [0.717, 1.165) is 18.9 Å². The molecule has 0 aromatic carbocycles. The van der Waals surface area contributed by atoms with E-state index >= 15 is 0 Å². The van der Waals surface area contributed by atoms with Crippen molar-refractivity contribution in [2.45, 2.75) is 18.5 Å². The molecule has 0 unspecified atom stereocenters. The number of hydrogen-bond acceptors (Lipinski definition) is 5. The molecule has 0 saturated carbocycles. The molecule has 5 heteroatoms. The van der Waals surface area contributed by atoms with Gasteiger partial charge in [0.25, 0.3) is 0 Å². The van der Waals surface area contributed by atoms with E-state index in [-0.39, 0.29) is 0 Å². The zero-order valence-electron chi connectivity index (χ0n) is 8.80. The number of likely N-dealkylation sites (tertiary alicyclic amines) is 1. The molecule has 1 aromatic rings. The Morgan fingerprint density at radius 1 is 1.33 bits per heavy atom. The molecular formula is C10H15N5. The van der Waals surface area contributed by atoms with Crippen LogP contribution in [0.25, 0.3) is 0 Å². The number of fused-ring (bicyclic) bond motifs is 2.